The van der Waals surface area contributed by atoms with Gasteiger partial charge in [0, 0.05) is 12.0 Å². The number of carbonyl (C=O) groups is 1. The van der Waals surface area contributed by atoms with Crippen molar-refractivity contribution in [3.63, 3.8) is 0 Å². The average molecular weight is 288 g/mol. The molecule has 0 radical (unpaired) electrons. The molecule has 0 bridgehead atoms. The van der Waals surface area contributed by atoms with E-state index in [0.717, 1.165) is 31.2 Å². The first-order chi connectivity index (χ1) is 10.8. The maximum absolute atomic E-state index is 12.6. The van der Waals surface area contributed by atoms with E-state index in [2.05, 4.69) is 43.4 Å². The molecule has 2 aromatic carbocycles. The third-order valence-electron chi connectivity index (χ3n) is 4.89. The zero-order valence-electron chi connectivity index (χ0n) is 13.0. The Morgan fingerprint density at radius 3 is 2.86 bits per heavy atom. The van der Waals surface area contributed by atoms with Gasteiger partial charge in [-0.1, -0.05) is 55.8 Å². The number of ketones is 1. The molecule has 2 aliphatic carbocycles. The molecule has 4 rings (SSSR count). The monoisotopic (exact) mass is 288 g/mol. The van der Waals surface area contributed by atoms with Gasteiger partial charge >= 0.3 is 0 Å². The fourth-order valence-corrected chi connectivity index (χ4v) is 3.76. The lowest BCUT2D eigenvalue weighted by Crippen LogP contribution is -2.10. The Bertz CT molecular complexity index is 837. The second-order valence-corrected chi connectivity index (χ2v) is 6.29. The van der Waals surface area contributed by atoms with Crippen LogP contribution < -0.4 is 0 Å². The molecule has 0 N–H and O–H groups in total. The molecule has 0 spiro atoms. The van der Waals surface area contributed by atoms with E-state index < -0.39 is 0 Å². The number of rotatable bonds is 4. The van der Waals surface area contributed by atoms with Crippen LogP contribution in [0, 0.1) is 0 Å². The Balaban J connectivity index is 1.94. The number of carbonyl (C=O) groups excluding carboxylic acids is 1. The van der Waals surface area contributed by atoms with Crippen molar-refractivity contribution in [2.24, 2.45) is 0 Å². The third-order valence-corrected chi connectivity index (χ3v) is 4.89. The Kier molecular flexibility index (Phi) is 3.22. The van der Waals surface area contributed by atoms with Gasteiger partial charge in [-0.2, -0.15) is 0 Å². The van der Waals surface area contributed by atoms with Crippen molar-refractivity contribution in [1.29, 1.82) is 0 Å². The minimum Gasteiger partial charge on any atom is -0.294 e. The highest BCUT2D eigenvalue weighted by Gasteiger charge is 2.22. The van der Waals surface area contributed by atoms with Crippen LogP contribution in [0.1, 0.15) is 53.2 Å². The average Bonchev–Trinajstić information content (AvgIpc) is 2.57. The van der Waals surface area contributed by atoms with E-state index in [4.69, 9.17) is 0 Å². The van der Waals surface area contributed by atoms with Crippen LogP contribution in [0.25, 0.3) is 16.3 Å². The number of benzene rings is 2. The van der Waals surface area contributed by atoms with E-state index in [1.807, 2.05) is 6.07 Å². The summed E-state index contributed by atoms with van der Waals surface area (Å²) in [6, 6.07) is 8.61. The maximum Gasteiger partial charge on any atom is 0.163 e. The maximum atomic E-state index is 12.6. The Labute approximate surface area is 131 Å². The van der Waals surface area contributed by atoms with Crippen LogP contribution in [0.3, 0.4) is 0 Å². The highest BCUT2D eigenvalue weighted by atomic mass is 16.1. The van der Waals surface area contributed by atoms with E-state index in [-0.39, 0.29) is 0 Å². The third kappa shape index (κ3) is 1.96. The van der Waals surface area contributed by atoms with E-state index in [1.54, 1.807) is 0 Å². The fraction of sp³-hybridized carbons (Fsp3) is 0.286. The largest absolute Gasteiger partial charge is 0.294 e. The SMILES string of the molecule is CCCCC(=O)c1ccc2ccc3c4c2c1CC=C4C=CC3. The quantitative estimate of drug-likeness (QED) is 0.701. The Morgan fingerprint density at radius 1 is 1.14 bits per heavy atom. The molecule has 2 aromatic rings. The molecule has 0 saturated heterocycles. The van der Waals surface area contributed by atoms with Crippen molar-refractivity contribution < 1.29 is 4.79 Å². The molecule has 0 fully saturated rings. The summed E-state index contributed by atoms with van der Waals surface area (Å²) in [6.07, 6.45) is 11.3. The lowest BCUT2D eigenvalue weighted by atomic mass is 9.79. The Hall–Kier alpha value is -2.15. The molecule has 1 heteroatoms. The summed E-state index contributed by atoms with van der Waals surface area (Å²) in [5.74, 6) is 0.305. The van der Waals surface area contributed by atoms with Gasteiger partial charge in [-0.15, -0.1) is 0 Å². The van der Waals surface area contributed by atoms with Crippen molar-refractivity contribution in [1.82, 2.24) is 0 Å². The molecule has 0 amide bonds. The van der Waals surface area contributed by atoms with Crippen LogP contribution in [0.4, 0.5) is 0 Å². The van der Waals surface area contributed by atoms with Gasteiger partial charge in [-0.25, -0.2) is 0 Å². The topological polar surface area (TPSA) is 17.1 Å². The molecule has 0 aromatic heterocycles. The molecule has 22 heavy (non-hydrogen) atoms. The standard InChI is InChI=1S/C21H20O/c1-2-3-7-19(22)17-12-10-16-9-8-14-5-4-6-15-11-13-18(17)21(16)20(14)15/h4,6,8-12H,2-3,5,7,13H2,1H3. The fourth-order valence-electron chi connectivity index (χ4n) is 3.76. The van der Waals surface area contributed by atoms with Crippen LogP contribution in [0.5, 0.6) is 0 Å². The van der Waals surface area contributed by atoms with Crippen molar-refractivity contribution in [2.75, 3.05) is 0 Å². The van der Waals surface area contributed by atoms with Gasteiger partial charge in [-0.3, -0.25) is 4.79 Å². The van der Waals surface area contributed by atoms with Gasteiger partial charge in [0.05, 0.1) is 0 Å². The molecule has 0 aliphatic heterocycles. The first-order valence-corrected chi connectivity index (χ1v) is 8.27. The van der Waals surface area contributed by atoms with Crippen molar-refractivity contribution >= 4 is 22.1 Å². The molecule has 0 heterocycles. The summed E-state index contributed by atoms with van der Waals surface area (Å²) < 4.78 is 0. The van der Waals surface area contributed by atoms with E-state index in [9.17, 15) is 4.79 Å². The first kappa shape index (κ1) is 13.5. The van der Waals surface area contributed by atoms with Gasteiger partial charge in [0.25, 0.3) is 0 Å². The van der Waals surface area contributed by atoms with Gasteiger partial charge in [0.1, 0.15) is 0 Å². The smallest absolute Gasteiger partial charge is 0.163 e. The van der Waals surface area contributed by atoms with Crippen molar-refractivity contribution in [3.05, 3.63) is 64.7 Å². The molecule has 110 valence electrons. The summed E-state index contributed by atoms with van der Waals surface area (Å²) in [7, 11) is 0. The van der Waals surface area contributed by atoms with Crippen molar-refractivity contribution in [2.45, 2.75) is 39.0 Å². The van der Waals surface area contributed by atoms with E-state index in [1.165, 1.54) is 33.0 Å². The summed E-state index contributed by atoms with van der Waals surface area (Å²) in [4.78, 5) is 12.6. The van der Waals surface area contributed by atoms with Crippen LogP contribution in [0.15, 0.2) is 42.5 Å². The number of hydrogen-bond acceptors (Lipinski definition) is 1. The van der Waals surface area contributed by atoms with Crippen molar-refractivity contribution in [3.8, 4) is 0 Å². The molecule has 0 unspecified atom stereocenters. The normalized spacial score (nSPS) is 15.0. The zero-order valence-corrected chi connectivity index (χ0v) is 13.0. The summed E-state index contributed by atoms with van der Waals surface area (Å²) in [5.41, 5.74) is 6.28. The molecule has 2 aliphatic rings. The minimum atomic E-state index is 0.305. The van der Waals surface area contributed by atoms with Crippen LogP contribution in [-0.2, 0) is 12.8 Å². The van der Waals surface area contributed by atoms with E-state index >= 15 is 0 Å². The molecule has 0 atom stereocenters. The molecular weight excluding hydrogens is 268 g/mol. The minimum absolute atomic E-state index is 0.305. The second kappa shape index (κ2) is 5.24. The number of allylic oxidation sites excluding steroid dienone is 4. The number of hydrogen-bond donors (Lipinski definition) is 0. The Morgan fingerprint density at radius 2 is 2.00 bits per heavy atom. The van der Waals surface area contributed by atoms with Crippen LogP contribution >= 0.6 is 0 Å². The second-order valence-electron chi connectivity index (χ2n) is 6.29. The molecular formula is C21H20O. The highest BCUT2D eigenvalue weighted by molar-refractivity contribution is 6.08. The zero-order chi connectivity index (χ0) is 15.1. The lowest BCUT2D eigenvalue weighted by Gasteiger charge is -2.24. The van der Waals surface area contributed by atoms with Gasteiger partial charge < -0.3 is 0 Å². The number of unbranched alkanes of at least 4 members (excludes halogenated alkanes) is 1. The van der Waals surface area contributed by atoms with Gasteiger partial charge in [0.2, 0.25) is 0 Å². The predicted molar refractivity (Wildman–Crippen MR) is 92.3 cm³/mol. The van der Waals surface area contributed by atoms with Crippen LogP contribution in [-0.4, -0.2) is 5.78 Å². The summed E-state index contributed by atoms with van der Waals surface area (Å²) in [6.45, 7) is 2.13. The molecule has 1 nitrogen and oxygen atoms in total. The lowest BCUT2D eigenvalue weighted by molar-refractivity contribution is 0.0979. The van der Waals surface area contributed by atoms with Gasteiger partial charge in [-0.05, 0) is 52.3 Å². The first-order valence-electron chi connectivity index (χ1n) is 8.27. The molecule has 0 saturated carbocycles. The summed E-state index contributed by atoms with van der Waals surface area (Å²) >= 11 is 0. The summed E-state index contributed by atoms with van der Waals surface area (Å²) in [5, 5.41) is 2.59. The highest BCUT2D eigenvalue weighted by Crippen LogP contribution is 2.40. The van der Waals surface area contributed by atoms with Gasteiger partial charge in [0.15, 0.2) is 5.78 Å². The van der Waals surface area contributed by atoms with E-state index in [0.29, 0.717) is 12.2 Å². The number of Topliss-reactive ketones (excluding diaryl/α,β-unsaturated/α-hetero) is 1. The predicted octanol–water partition coefficient (Wildman–Crippen LogP) is 5.26. The van der Waals surface area contributed by atoms with Crippen LogP contribution in [0.2, 0.25) is 0 Å².